The van der Waals surface area contributed by atoms with E-state index in [2.05, 4.69) is 29.6 Å². The highest BCUT2D eigenvalue weighted by atomic mass is 16.5. The van der Waals surface area contributed by atoms with Gasteiger partial charge in [0.1, 0.15) is 5.75 Å². The molecule has 0 bridgehead atoms. The molecule has 0 aromatic heterocycles. The van der Waals surface area contributed by atoms with Crippen molar-refractivity contribution < 1.29 is 9.47 Å². The lowest BCUT2D eigenvalue weighted by atomic mass is 10.1. The maximum atomic E-state index is 5.27. The molecule has 0 heterocycles. The fraction of sp³-hybridized carbons (Fsp3) is 0.294. The fourth-order valence-corrected chi connectivity index (χ4v) is 2.21. The second-order valence-electron chi connectivity index (χ2n) is 4.74. The van der Waals surface area contributed by atoms with Crippen LogP contribution in [0.2, 0.25) is 0 Å². The van der Waals surface area contributed by atoms with Gasteiger partial charge >= 0.3 is 0 Å². The van der Waals surface area contributed by atoms with Crippen LogP contribution in [-0.4, -0.2) is 14.2 Å². The van der Waals surface area contributed by atoms with Gasteiger partial charge in [-0.1, -0.05) is 24.3 Å². The Morgan fingerprint density at radius 3 is 2.40 bits per heavy atom. The first-order valence-electron chi connectivity index (χ1n) is 6.69. The molecule has 3 nitrogen and oxygen atoms in total. The van der Waals surface area contributed by atoms with Crippen molar-refractivity contribution >= 4 is 5.69 Å². The number of methoxy groups -OCH3 is 2. The minimum absolute atomic E-state index is 0.638. The van der Waals surface area contributed by atoms with Crippen LogP contribution in [0.15, 0.2) is 42.5 Å². The van der Waals surface area contributed by atoms with Gasteiger partial charge < -0.3 is 14.8 Å². The number of benzene rings is 2. The van der Waals surface area contributed by atoms with Gasteiger partial charge in [0.25, 0.3) is 0 Å². The first kappa shape index (κ1) is 14.4. The number of rotatable bonds is 6. The first-order valence-corrected chi connectivity index (χ1v) is 6.69. The van der Waals surface area contributed by atoms with Gasteiger partial charge in [0.05, 0.1) is 13.7 Å². The van der Waals surface area contributed by atoms with E-state index in [0.29, 0.717) is 6.61 Å². The quantitative estimate of drug-likeness (QED) is 0.867. The summed E-state index contributed by atoms with van der Waals surface area (Å²) >= 11 is 0. The van der Waals surface area contributed by atoms with Crippen LogP contribution in [0, 0.1) is 6.92 Å². The van der Waals surface area contributed by atoms with E-state index in [1.807, 2.05) is 25.1 Å². The monoisotopic (exact) mass is 271 g/mol. The van der Waals surface area contributed by atoms with Crippen molar-refractivity contribution in [3.8, 4) is 5.75 Å². The average Bonchev–Trinajstić information content (AvgIpc) is 2.47. The van der Waals surface area contributed by atoms with E-state index in [1.165, 1.54) is 11.1 Å². The maximum Gasteiger partial charge on any atom is 0.121 e. The van der Waals surface area contributed by atoms with Gasteiger partial charge in [0.2, 0.25) is 0 Å². The first-order chi connectivity index (χ1) is 9.74. The summed E-state index contributed by atoms with van der Waals surface area (Å²) in [7, 11) is 3.41. The zero-order valence-corrected chi connectivity index (χ0v) is 12.3. The molecule has 3 heteroatoms. The lowest BCUT2D eigenvalue weighted by Crippen LogP contribution is -2.04. The Bertz CT molecular complexity index is 567. The molecule has 0 aliphatic carbocycles. The van der Waals surface area contributed by atoms with Gasteiger partial charge in [0, 0.05) is 19.3 Å². The van der Waals surface area contributed by atoms with Crippen LogP contribution in [-0.2, 0) is 17.9 Å². The van der Waals surface area contributed by atoms with E-state index < -0.39 is 0 Å². The Balaban J connectivity index is 2.07. The molecule has 1 N–H and O–H groups in total. The third kappa shape index (κ3) is 3.52. The molecule has 0 saturated carbocycles. The van der Waals surface area contributed by atoms with E-state index in [4.69, 9.17) is 9.47 Å². The van der Waals surface area contributed by atoms with Crippen LogP contribution in [0.5, 0.6) is 5.75 Å². The van der Waals surface area contributed by atoms with Gasteiger partial charge in [-0.15, -0.1) is 0 Å². The SMILES string of the molecule is COCc1ccccc1CNc1ccc(OC)c(C)c1. The highest BCUT2D eigenvalue weighted by Gasteiger charge is 2.03. The number of nitrogens with one attached hydrogen (secondary N) is 1. The van der Waals surface area contributed by atoms with E-state index >= 15 is 0 Å². The molecule has 0 amide bonds. The molecule has 0 aliphatic heterocycles. The fourth-order valence-electron chi connectivity index (χ4n) is 2.21. The minimum Gasteiger partial charge on any atom is -0.496 e. The topological polar surface area (TPSA) is 30.5 Å². The second-order valence-corrected chi connectivity index (χ2v) is 4.74. The van der Waals surface area contributed by atoms with Gasteiger partial charge in [-0.25, -0.2) is 0 Å². The smallest absolute Gasteiger partial charge is 0.121 e. The summed E-state index contributed by atoms with van der Waals surface area (Å²) in [5.41, 5.74) is 4.69. The predicted octanol–water partition coefficient (Wildman–Crippen LogP) is 3.76. The number of hydrogen-bond donors (Lipinski definition) is 1. The van der Waals surface area contributed by atoms with E-state index in [9.17, 15) is 0 Å². The molecule has 2 rings (SSSR count). The highest BCUT2D eigenvalue weighted by molar-refractivity contribution is 5.51. The van der Waals surface area contributed by atoms with E-state index in [0.717, 1.165) is 23.5 Å². The Morgan fingerprint density at radius 1 is 1.00 bits per heavy atom. The minimum atomic E-state index is 0.638. The number of ether oxygens (including phenoxy) is 2. The van der Waals surface area contributed by atoms with Crippen molar-refractivity contribution in [3.05, 3.63) is 59.2 Å². The van der Waals surface area contributed by atoms with Gasteiger partial charge in [-0.3, -0.25) is 0 Å². The van der Waals surface area contributed by atoms with Crippen molar-refractivity contribution in [1.29, 1.82) is 0 Å². The molecule has 0 saturated heterocycles. The molecular weight excluding hydrogens is 250 g/mol. The summed E-state index contributed by atoms with van der Waals surface area (Å²) in [4.78, 5) is 0. The Hall–Kier alpha value is -2.00. The van der Waals surface area contributed by atoms with Crippen LogP contribution in [0.4, 0.5) is 5.69 Å². The van der Waals surface area contributed by atoms with Crippen molar-refractivity contribution in [2.75, 3.05) is 19.5 Å². The molecule has 106 valence electrons. The number of anilines is 1. The number of hydrogen-bond acceptors (Lipinski definition) is 3. The zero-order valence-electron chi connectivity index (χ0n) is 12.3. The third-order valence-electron chi connectivity index (χ3n) is 3.30. The zero-order chi connectivity index (χ0) is 14.4. The molecule has 0 fully saturated rings. The summed E-state index contributed by atoms with van der Waals surface area (Å²) in [5, 5.41) is 3.44. The molecule has 2 aromatic rings. The summed E-state index contributed by atoms with van der Waals surface area (Å²) in [6, 6.07) is 14.4. The highest BCUT2D eigenvalue weighted by Crippen LogP contribution is 2.22. The largest absolute Gasteiger partial charge is 0.496 e. The normalized spacial score (nSPS) is 10.3. The van der Waals surface area contributed by atoms with Crippen molar-refractivity contribution in [2.24, 2.45) is 0 Å². The summed E-state index contributed by atoms with van der Waals surface area (Å²) in [6.07, 6.45) is 0. The second kappa shape index (κ2) is 6.96. The summed E-state index contributed by atoms with van der Waals surface area (Å²) in [5.74, 6) is 0.912. The Kier molecular flexibility index (Phi) is 5.02. The van der Waals surface area contributed by atoms with E-state index in [-0.39, 0.29) is 0 Å². The predicted molar refractivity (Wildman–Crippen MR) is 82.2 cm³/mol. The lowest BCUT2D eigenvalue weighted by Gasteiger charge is -2.12. The summed E-state index contributed by atoms with van der Waals surface area (Å²) < 4.78 is 10.5. The van der Waals surface area contributed by atoms with E-state index in [1.54, 1.807) is 14.2 Å². The molecule has 20 heavy (non-hydrogen) atoms. The van der Waals surface area contributed by atoms with Crippen molar-refractivity contribution in [3.63, 3.8) is 0 Å². The lowest BCUT2D eigenvalue weighted by molar-refractivity contribution is 0.184. The van der Waals surface area contributed by atoms with Gasteiger partial charge in [0.15, 0.2) is 0 Å². The molecule has 0 unspecified atom stereocenters. The molecule has 0 radical (unpaired) electrons. The molecular formula is C17H21NO2. The summed E-state index contributed by atoms with van der Waals surface area (Å²) in [6.45, 7) is 3.47. The molecule has 0 spiro atoms. The van der Waals surface area contributed by atoms with Crippen LogP contribution in [0.25, 0.3) is 0 Å². The average molecular weight is 271 g/mol. The third-order valence-corrected chi connectivity index (χ3v) is 3.30. The standard InChI is InChI=1S/C17H21NO2/c1-13-10-16(8-9-17(13)20-3)18-11-14-6-4-5-7-15(14)12-19-2/h4-10,18H,11-12H2,1-3H3. The molecule has 2 aromatic carbocycles. The van der Waals surface area contributed by atoms with Gasteiger partial charge in [-0.05, 0) is 41.8 Å². The van der Waals surface area contributed by atoms with Crippen LogP contribution >= 0.6 is 0 Å². The molecule has 0 atom stereocenters. The van der Waals surface area contributed by atoms with Crippen molar-refractivity contribution in [2.45, 2.75) is 20.1 Å². The van der Waals surface area contributed by atoms with Gasteiger partial charge in [-0.2, -0.15) is 0 Å². The Labute approximate surface area is 120 Å². The van der Waals surface area contributed by atoms with Crippen LogP contribution < -0.4 is 10.1 Å². The van der Waals surface area contributed by atoms with Crippen LogP contribution in [0.3, 0.4) is 0 Å². The number of aryl methyl sites for hydroxylation is 1. The molecule has 0 aliphatic rings. The maximum absolute atomic E-state index is 5.27. The van der Waals surface area contributed by atoms with Crippen LogP contribution in [0.1, 0.15) is 16.7 Å². The van der Waals surface area contributed by atoms with Crippen molar-refractivity contribution in [1.82, 2.24) is 0 Å². The Morgan fingerprint density at radius 2 is 1.75 bits per heavy atom.